The van der Waals surface area contributed by atoms with Crippen LogP contribution in [-0.2, 0) is 10.9 Å². The highest BCUT2D eigenvalue weighted by atomic mass is 32.2. The summed E-state index contributed by atoms with van der Waals surface area (Å²) in [6.45, 7) is 2.21. The zero-order chi connectivity index (χ0) is 13.9. The third-order valence-electron chi connectivity index (χ3n) is 1.92. The van der Waals surface area contributed by atoms with Gasteiger partial charge in [-0.15, -0.1) is 0 Å². The Hall–Kier alpha value is 0.0949. The first-order valence-corrected chi connectivity index (χ1v) is 7.97. The molecule has 0 spiro atoms. The summed E-state index contributed by atoms with van der Waals surface area (Å²) in [5.41, 5.74) is 0. The highest BCUT2D eigenvalue weighted by molar-refractivity contribution is 7.95. The van der Waals surface area contributed by atoms with E-state index in [-0.39, 0.29) is 6.10 Å². The number of unbranched alkanes of at least 4 members (excludes halogenated alkanes) is 3. The van der Waals surface area contributed by atoms with Gasteiger partial charge < -0.3 is 22.4 Å². The highest BCUT2D eigenvalue weighted by Gasteiger charge is 2.20. The second kappa shape index (κ2) is 11.2. The normalized spacial score (nSPS) is 13.2. The van der Waals surface area contributed by atoms with Crippen molar-refractivity contribution in [2.24, 2.45) is 0 Å². The molecule has 1 N–H and O–H groups in total. The summed E-state index contributed by atoms with van der Waals surface area (Å²) in [5, 5.41) is 9.53. The molecule has 17 heavy (non-hydrogen) atoms. The molecular formula is C10H23BF4OS. The van der Waals surface area contributed by atoms with Crippen LogP contribution in [0.4, 0.5) is 17.3 Å². The molecule has 0 radical (unpaired) electrons. The minimum Gasteiger partial charge on any atom is -0.418 e. The molecule has 1 nitrogen and oxygen atoms in total. The molecule has 0 saturated carbocycles. The van der Waals surface area contributed by atoms with E-state index in [1.807, 2.05) is 0 Å². The maximum Gasteiger partial charge on any atom is 0.673 e. The lowest BCUT2D eigenvalue weighted by Crippen LogP contribution is -2.18. The summed E-state index contributed by atoms with van der Waals surface area (Å²) in [6.07, 6.45) is 10.4. The van der Waals surface area contributed by atoms with E-state index in [0.717, 1.165) is 12.2 Å². The van der Waals surface area contributed by atoms with Crippen LogP contribution in [0.15, 0.2) is 0 Å². The van der Waals surface area contributed by atoms with Crippen molar-refractivity contribution >= 4 is 18.1 Å². The van der Waals surface area contributed by atoms with Gasteiger partial charge >= 0.3 is 7.25 Å². The van der Waals surface area contributed by atoms with Crippen molar-refractivity contribution in [1.29, 1.82) is 0 Å². The summed E-state index contributed by atoms with van der Waals surface area (Å²) in [4.78, 5) is 0. The number of rotatable bonds is 7. The first-order valence-electron chi connectivity index (χ1n) is 5.76. The van der Waals surface area contributed by atoms with Crippen LogP contribution in [0.2, 0.25) is 0 Å². The van der Waals surface area contributed by atoms with E-state index in [1.165, 1.54) is 25.7 Å². The molecule has 0 amide bonds. The van der Waals surface area contributed by atoms with Crippen molar-refractivity contribution in [3.8, 4) is 0 Å². The van der Waals surface area contributed by atoms with Gasteiger partial charge in [0.05, 0.1) is 18.6 Å². The van der Waals surface area contributed by atoms with Crippen LogP contribution in [0.3, 0.4) is 0 Å². The summed E-state index contributed by atoms with van der Waals surface area (Å²) < 4.78 is 39.0. The first kappa shape index (κ1) is 19.4. The largest absolute Gasteiger partial charge is 0.673 e. The molecule has 1 atom stereocenters. The fraction of sp³-hybridized carbons (Fsp3) is 1.00. The summed E-state index contributed by atoms with van der Waals surface area (Å²) in [5.74, 6) is 0.992. The molecule has 0 aliphatic heterocycles. The minimum absolute atomic E-state index is 0.0415. The topological polar surface area (TPSA) is 20.2 Å². The van der Waals surface area contributed by atoms with Gasteiger partial charge in [0.2, 0.25) is 0 Å². The fourth-order valence-corrected chi connectivity index (χ4v) is 2.21. The van der Waals surface area contributed by atoms with Gasteiger partial charge in [-0.2, -0.15) is 0 Å². The van der Waals surface area contributed by atoms with Gasteiger partial charge in [-0.1, -0.05) is 32.6 Å². The van der Waals surface area contributed by atoms with Crippen LogP contribution in [0.1, 0.15) is 39.0 Å². The molecule has 0 rings (SSSR count). The molecule has 0 heterocycles. The Morgan fingerprint density at radius 2 is 1.53 bits per heavy atom. The quantitative estimate of drug-likeness (QED) is 0.327. The third-order valence-corrected chi connectivity index (χ3v) is 2.97. The van der Waals surface area contributed by atoms with Gasteiger partial charge in [0.25, 0.3) is 0 Å². The van der Waals surface area contributed by atoms with Gasteiger partial charge in [-0.25, -0.2) is 0 Å². The number of aliphatic hydroxyl groups is 1. The van der Waals surface area contributed by atoms with E-state index in [2.05, 4.69) is 19.4 Å². The molecular weight excluding hydrogens is 255 g/mol. The zero-order valence-electron chi connectivity index (χ0n) is 10.8. The number of hydrogen-bond acceptors (Lipinski definition) is 1. The van der Waals surface area contributed by atoms with Gasteiger partial charge in [0.15, 0.2) is 0 Å². The fourth-order valence-electron chi connectivity index (χ4n) is 1.27. The predicted molar refractivity (Wildman–Crippen MR) is 69.0 cm³/mol. The SMILES string of the molecule is CCCCCCC(O)C[S+](C)C.F[B-](F)(F)F. The number of hydrogen-bond donors (Lipinski definition) is 1. The summed E-state index contributed by atoms with van der Waals surface area (Å²) in [6, 6.07) is 0. The number of halogens is 4. The Bertz CT molecular complexity index is 161. The van der Waals surface area contributed by atoms with E-state index >= 15 is 0 Å². The third kappa shape index (κ3) is 31.4. The van der Waals surface area contributed by atoms with E-state index in [9.17, 15) is 22.4 Å². The molecule has 0 aromatic heterocycles. The molecule has 0 saturated heterocycles. The predicted octanol–water partition coefficient (Wildman–Crippen LogP) is 3.50. The van der Waals surface area contributed by atoms with Gasteiger partial charge in [0, 0.05) is 0 Å². The van der Waals surface area contributed by atoms with Crippen molar-refractivity contribution < 1.29 is 22.4 Å². The van der Waals surface area contributed by atoms with E-state index < -0.39 is 7.25 Å². The highest BCUT2D eigenvalue weighted by Crippen LogP contribution is 2.07. The molecule has 0 fully saturated rings. The Morgan fingerprint density at radius 3 is 1.88 bits per heavy atom. The van der Waals surface area contributed by atoms with Crippen LogP contribution in [0.25, 0.3) is 0 Å². The lowest BCUT2D eigenvalue weighted by Gasteiger charge is -2.07. The standard InChI is InChI=1S/C10H23OS.BF4/c1-4-5-6-7-8-10(11)9-12(2)3;2-1(3,4)5/h10-11H,4-9H2,1-3H3;/q+1;-1. The molecule has 0 bridgehead atoms. The lowest BCUT2D eigenvalue weighted by atomic mass is 10.1. The Kier molecular flexibility index (Phi) is 12.8. The van der Waals surface area contributed by atoms with Crippen molar-refractivity contribution in [3.05, 3.63) is 0 Å². The zero-order valence-corrected chi connectivity index (χ0v) is 11.6. The van der Waals surface area contributed by atoms with E-state index in [1.54, 1.807) is 0 Å². The molecule has 0 aromatic carbocycles. The maximum absolute atomic E-state index is 9.75. The summed E-state index contributed by atoms with van der Waals surface area (Å²) >= 11 is 0. The van der Waals surface area contributed by atoms with E-state index in [0.29, 0.717) is 10.9 Å². The lowest BCUT2D eigenvalue weighted by molar-refractivity contribution is 0.184. The molecule has 106 valence electrons. The average Bonchev–Trinajstić information content (AvgIpc) is 2.08. The van der Waals surface area contributed by atoms with E-state index in [4.69, 9.17) is 0 Å². The van der Waals surface area contributed by atoms with Crippen molar-refractivity contribution in [2.75, 3.05) is 18.3 Å². The van der Waals surface area contributed by atoms with Crippen molar-refractivity contribution in [3.63, 3.8) is 0 Å². The van der Waals surface area contributed by atoms with Gasteiger partial charge in [0.1, 0.15) is 5.75 Å². The molecule has 0 aromatic rings. The number of aliphatic hydroxyl groups excluding tert-OH is 1. The molecule has 1 unspecified atom stereocenters. The van der Waals surface area contributed by atoms with Gasteiger partial charge in [-0.05, 0) is 17.3 Å². The summed E-state index contributed by atoms with van der Waals surface area (Å²) in [7, 11) is -5.60. The molecule has 0 aliphatic carbocycles. The van der Waals surface area contributed by atoms with Crippen LogP contribution in [0, 0.1) is 0 Å². The second-order valence-electron chi connectivity index (χ2n) is 4.15. The van der Waals surface area contributed by atoms with Crippen molar-refractivity contribution in [1.82, 2.24) is 0 Å². The second-order valence-corrected chi connectivity index (χ2v) is 6.45. The average molecular weight is 278 g/mol. The molecule has 0 aliphatic rings. The van der Waals surface area contributed by atoms with Crippen LogP contribution in [-0.4, -0.2) is 36.7 Å². The van der Waals surface area contributed by atoms with Crippen LogP contribution < -0.4 is 0 Å². The van der Waals surface area contributed by atoms with Crippen LogP contribution >= 0.6 is 0 Å². The van der Waals surface area contributed by atoms with Crippen LogP contribution in [0.5, 0.6) is 0 Å². The molecule has 7 heteroatoms. The monoisotopic (exact) mass is 278 g/mol. The van der Waals surface area contributed by atoms with Crippen molar-refractivity contribution in [2.45, 2.75) is 45.1 Å². The Morgan fingerprint density at radius 1 is 1.06 bits per heavy atom. The Labute approximate surface area is 104 Å². The maximum atomic E-state index is 9.75. The first-order chi connectivity index (χ1) is 7.66. The Balaban J connectivity index is 0. The van der Waals surface area contributed by atoms with Gasteiger partial charge in [-0.3, -0.25) is 0 Å². The minimum atomic E-state index is -6.00. The smallest absolute Gasteiger partial charge is 0.418 e.